The number of fused-ring (bicyclic) bond motifs is 1. The van der Waals surface area contributed by atoms with E-state index in [4.69, 9.17) is 5.73 Å². The molecular weight excluding hydrogens is 390 g/mol. The molecule has 156 valence electrons. The number of aliphatic carboxylic acids is 1. The third-order valence-corrected chi connectivity index (χ3v) is 7.82. The number of carboxylic acid groups (broad SMARTS) is 1. The van der Waals surface area contributed by atoms with E-state index in [1.807, 2.05) is 19.1 Å². The quantitative estimate of drug-likeness (QED) is 0.518. The lowest BCUT2D eigenvalue weighted by Gasteiger charge is -2.46. The van der Waals surface area contributed by atoms with Gasteiger partial charge < -0.3 is 26.2 Å². The average molecular weight is 418 g/mol. The summed E-state index contributed by atoms with van der Waals surface area (Å²) < 4.78 is 0. The molecule has 1 amide bonds. The zero-order valence-electron chi connectivity index (χ0n) is 16.5. The number of nitrogens with zero attached hydrogens (tertiary/aromatic N) is 1. The first kappa shape index (κ1) is 20.4. The minimum atomic E-state index is -1.07. The van der Waals surface area contributed by atoms with Crippen LogP contribution in [-0.2, 0) is 16.1 Å². The topological polar surface area (TPSA) is 116 Å². The fourth-order valence-corrected chi connectivity index (χ4v) is 6.27. The molecule has 8 heteroatoms. The van der Waals surface area contributed by atoms with Crippen LogP contribution >= 0.6 is 11.8 Å². The average Bonchev–Trinajstić information content (AvgIpc) is 3.24. The highest BCUT2D eigenvalue weighted by molar-refractivity contribution is 8.03. The van der Waals surface area contributed by atoms with Crippen molar-refractivity contribution in [3.8, 4) is 0 Å². The van der Waals surface area contributed by atoms with E-state index in [9.17, 15) is 19.8 Å². The van der Waals surface area contributed by atoms with Gasteiger partial charge in [-0.25, -0.2) is 4.79 Å². The van der Waals surface area contributed by atoms with Gasteiger partial charge in [-0.2, -0.15) is 0 Å². The highest BCUT2D eigenvalue weighted by atomic mass is 32.2. The van der Waals surface area contributed by atoms with Crippen molar-refractivity contribution >= 4 is 23.6 Å². The first-order chi connectivity index (χ1) is 13.8. The monoisotopic (exact) mass is 417 g/mol. The smallest absolute Gasteiger partial charge is 0.353 e. The van der Waals surface area contributed by atoms with Gasteiger partial charge in [0.25, 0.3) is 0 Å². The van der Waals surface area contributed by atoms with Crippen molar-refractivity contribution in [3.05, 3.63) is 46.0 Å². The van der Waals surface area contributed by atoms with E-state index in [0.29, 0.717) is 6.54 Å². The minimum Gasteiger partial charge on any atom is -0.477 e. The van der Waals surface area contributed by atoms with E-state index in [2.05, 4.69) is 17.4 Å². The van der Waals surface area contributed by atoms with Gasteiger partial charge in [0.15, 0.2) is 0 Å². The van der Waals surface area contributed by atoms with E-state index in [-0.39, 0.29) is 34.9 Å². The molecule has 3 heterocycles. The summed E-state index contributed by atoms with van der Waals surface area (Å²) in [7, 11) is 0. The lowest BCUT2D eigenvalue weighted by atomic mass is 9.79. The molecule has 29 heavy (non-hydrogen) atoms. The van der Waals surface area contributed by atoms with Crippen molar-refractivity contribution in [1.29, 1.82) is 0 Å². The summed E-state index contributed by atoms with van der Waals surface area (Å²) in [5, 5.41) is 23.5. The number of thioether (sulfide) groups is 1. The van der Waals surface area contributed by atoms with E-state index < -0.39 is 18.0 Å². The predicted octanol–water partition coefficient (Wildman–Crippen LogP) is 1.44. The second-order valence-corrected chi connectivity index (χ2v) is 9.50. The van der Waals surface area contributed by atoms with Crippen LogP contribution in [-0.4, -0.2) is 50.9 Å². The Labute approximate surface area is 174 Å². The molecular formula is C21H27N3O4S. The highest BCUT2D eigenvalue weighted by Gasteiger charge is 2.60. The van der Waals surface area contributed by atoms with Crippen molar-refractivity contribution < 1.29 is 19.8 Å². The normalized spacial score (nSPS) is 32.3. The molecule has 1 aromatic carbocycles. The lowest BCUT2D eigenvalue weighted by Crippen LogP contribution is -2.63. The molecule has 0 bridgehead atoms. The summed E-state index contributed by atoms with van der Waals surface area (Å²) in [4.78, 5) is 26.5. The van der Waals surface area contributed by atoms with Gasteiger partial charge in [0.1, 0.15) is 5.70 Å². The van der Waals surface area contributed by atoms with Gasteiger partial charge in [0, 0.05) is 35.2 Å². The van der Waals surface area contributed by atoms with E-state index in [0.717, 1.165) is 23.4 Å². The number of carbonyl (C=O) groups is 2. The van der Waals surface area contributed by atoms with E-state index in [1.54, 1.807) is 18.7 Å². The molecule has 7 nitrogen and oxygen atoms in total. The van der Waals surface area contributed by atoms with Crippen molar-refractivity contribution in [1.82, 2.24) is 10.2 Å². The number of benzene rings is 1. The van der Waals surface area contributed by atoms with Crippen molar-refractivity contribution in [2.75, 3.05) is 6.54 Å². The van der Waals surface area contributed by atoms with Gasteiger partial charge >= 0.3 is 5.97 Å². The number of carboxylic acids is 1. The molecule has 3 aliphatic rings. The fourth-order valence-electron chi connectivity index (χ4n) is 4.79. The van der Waals surface area contributed by atoms with Gasteiger partial charge in [-0.1, -0.05) is 31.2 Å². The Kier molecular flexibility index (Phi) is 5.46. The third-order valence-electron chi connectivity index (χ3n) is 6.31. The van der Waals surface area contributed by atoms with Gasteiger partial charge in [0.05, 0.1) is 18.1 Å². The Morgan fingerprint density at radius 1 is 1.38 bits per heavy atom. The highest BCUT2D eigenvalue weighted by Crippen LogP contribution is 2.52. The molecule has 4 rings (SSSR count). The molecule has 1 aromatic rings. The molecule has 2 fully saturated rings. The summed E-state index contributed by atoms with van der Waals surface area (Å²) in [5.74, 6) is -1.97. The Morgan fingerprint density at radius 3 is 2.66 bits per heavy atom. The van der Waals surface area contributed by atoms with Gasteiger partial charge in [-0.05, 0) is 24.5 Å². The van der Waals surface area contributed by atoms with Crippen LogP contribution in [0.15, 0.2) is 34.9 Å². The standard InChI is InChI=1S/C21H27N3O4S/c1-10-17-16(11(2)25)20(26)24(17)18(21(27)28)19(10)29-14-7-15(23-9-14)13-5-3-12(8-22)4-6-13/h3-6,10-11,14-17,23,25H,7-9,22H2,1-2H3,(H,27,28)/t10-,11-,14+,15-,16-,17-/m1/s1. The molecule has 0 saturated carbocycles. The molecule has 0 spiro atoms. The molecule has 6 atom stereocenters. The minimum absolute atomic E-state index is 0.0914. The van der Waals surface area contributed by atoms with Crippen LogP contribution in [0.5, 0.6) is 0 Å². The maximum absolute atomic E-state index is 12.5. The number of hydrogen-bond donors (Lipinski definition) is 4. The Bertz CT molecular complexity index is 854. The Morgan fingerprint density at radius 2 is 2.07 bits per heavy atom. The molecule has 3 aliphatic heterocycles. The summed E-state index contributed by atoms with van der Waals surface area (Å²) >= 11 is 1.57. The SMILES string of the molecule is C[C@@H](O)[C@H]1C(=O)N2C(C(=O)O)=C(S[C@@H]3CN[C@@H](c4ccc(CN)cc4)C3)[C@H](C)[C@H]12. The second-order valence-electron chi connectivity index (χ2n) is 8.15. The number of nitrogens with one attached hydrogen (secondary N) is 1. The largest absolute Gasteiger partial charge is 0.477 e. The number of carbonyl (C=O) groups excluding carboxylic acids is 1. The van der Waals surface area contributed by atoms with E-state index in [1.165, 1.54) is 10.5 Å². The first-order valence-electron chi connectivity index (χ1n) is 10.0. The number of rotatable bonds is 6. The van der Waals surface area contributed by atoms with Gasteiger partial charge in [-0.3, -0.25) is 4.79 Å². The predicted molar refractivity (Wildman–Crippen MR) is 111 cm³/mol. The van der Waals surface area contributed by atoms with E-state index >= 15 is 0 Å². The maximum Gasteiger partial charge on any atom is 0.353 e. The molecule has 5 N–H and O–H groups in total. The number of β-lactam (4-membered cyclic amide) rings is 1. The van der Waals surface area contributed by atoms with Crippen LogP contribution in [0, 0.1) is 11.8 Å². The maximum atomic E-state index is 12.5. The number of amides is 1. The summed E-state index contributed by atoms with van der Waals surface area (Å²) in [5.41, 5.74) is 8.06. The van der Waals surface area contributed by atoms with Gasteiger partial charge in [0.2, 0.25) is 5.91 Å². The third kappa shape index (κ3) is 3.38. The number of aliphatic hydroxyl groups excluding tert-OH is 1. The van der Waals surface area contributed by atoms with Crippen molar-refractivity contribution in [2.45, 2.75) is 50.3 Å². The van der Waals surface area contributed by atoms with Crippen molar-refractivity contribution in [2.24, 2.45) is 17.6 Å². The summed E-state index contributed by atoms with van der Waals surface area (Å²) in [6.07, 6.45) is 0.105. The summed E-state index contributed by atoms with van der Waals surface area (Å²) in [6.45, 7) is 4.85. The number of nitrogens with two attached hydrogens (primary N) is 1. The molecule has 0 radical (unpaired) electrons. The van der Waals surface area contributed by atoms with Crippen molar-refractivity contribution in [3.63, 3.8) is 0 Å². The summed E-state index contributed by atoms with van der Waals surface area (Å²) in [6, 6.07) is 8.21. The van der Waals surface area contributed by atoms with Crippen LogP contribution in [0.3, 0.4) is 0 Å². The molecule has 2 saturated heterocycles. The van der Waals surface area contributed by atoms with Gasteiger partial charge in [-0.15, -0.1) is 11.8 Å². The van der Waals surface area contributed by atoms with Crippen LogP contribution in [0.1, 0.15) is 37.4 Å². The molecule has 0 unspecified atom stereocenters. The van der Waals surface area contributed by atoms with Crippen LogP contribution in [0.2, 0.25) is 0 Å². The lowest BCUT2D eigenvalue weighted by molar-refractivity contribution is -0.163. The van der Waals surface area contributed by atoms with Crippen LogP contribution in [0.4, 0.5) is 0 Å². The zero-order chi connectivity index (χ0) is 20.9. The molecule has 0 aromatic heterocycles. The molecule has 0 aliphatic carbocycles. The first-order valence-corrected chi connectivity index (χ1v) is 10.9. The number of hydrogen-bond acceptors (Lipinski definition) is 6. The Hall–Kier alpha value is -1.87. The zero-order valence-corrected chi connectivity index (χ0v) is 17.4. The Balaban J connectivity index is 1.50. The van der Waals surface area contributed by atoms with Crippen LogP contribution < -0.4 is 11.1 Å². The second kappa shape index (κ2) is 7.75. The fraction of sp³-hybridized carbons (Fsp3) is 0.524. The number of aliphatic hydroxyl groups is 1. The van der Waals surface area contributed by atoms with Crippen LogP contribution in [0.25, 0.3) is 0 Å².